The van der Waals surface area contributed by atoms with Crippen LogP contribution in [-0.2, 0) is 0 Å². The normalized spacial score (nSPS) is 23.8. The number of hydrogen-bond donors (Lipinski definition) is 1. The fourth-order valence-electron chi connectivity index (χ4n) is 2.48. The Morgan fingerprint density at radius 1 is 1.58 bits per heavy atom. The quantitative estimate of drug-likeness (QED) is 0.810. The molecular weight excluding hydrogens is 260 g/mol. The van der Waals surface area contributed by atoms with Crippen LogP contribution in [0.2, 0.25) is 5.15 Å². The van der Waals surface area contributed by atoms with Gasteiger partial charge in [0.1, 0.15) is 17.5 Å². The third-order valence-electron chi connectivity index (χ3n) is 4.04. The molecule has 0 bridgehead atoms. The molecule has 2 heterocycles. The molecule has 4 heteroatoms. The third-order valence-corrected chi connectivity index (χ3v) is 4.44. The maximum atomic E-state index is 5.92. The van der Waals surface area contributed by atoms with Gasteiger partial charge in [-0.3, -0.25) is 0 Å². The lowest BCUT2D eigenvalue weighted by atomic mass is 9.80. The van der Waals surface area contributed by atoms with Crippen LogP contribution in [0.5, 0.6) is 5.75 Å². The van der Waals surface area contributed by atoms with Crippen molar-refractivity contribution >= 4 is 11.6 Å². The summed E-state index contributed by atoms with van der Waals surface area (Å²) in [6.07, 6.45) is 5.27. The zero-order valence-corrected chi connectivity index (χ0v) is 12.8. The number of hydrogen-bond acceptors (Lipinski definition) is 3. The van der Waals surface area contributed by atoms with Crippen LogP contribution in [0.1, 0.15) is 38.7 Å². The SMILES string of the molecule is CCC(C)C[C@@]1(COc2cnc(Cl)c(C)c2)CCN1. The Morgan fingerprint density at radius 2 is 2.32 bits per heavy atom. The monoisotopic (exact) mass is 282 g/mol. The van der Waals surface area contributed by atoms with E-state index in [-0.39, 0.29) is 5.54 Å². The zero-order chi connectivity index (χ0) is 13.9. The third kappa shape index (κ3) is 3.61. The van der Waals surface area contributed by atoms with E-state index in [9.17, 15) is 0 Å². The predicted molar refractivity (Wildman–Crippen MR) is 78.9 cm³/mol. The smallest absolute Gasteiger partial charge is 0.138 e. The Hall–Kier alpha value is -0.800. The van der Waals surface area contributed by atoms with E-state index in [0.717, 1.165) is 23.8 Å². The molecule has 0 aliphatic carbocycles. The van der Waals surface area contributed by atoms with Crippen molar-refractivity contribution in [2.75, 3.05) is 13.2 Å². The highest BCUT2D eigenvalue weighted by Crippen LogP contribution is 2.29. The van der Waals surface area contributed by atoms with Crippen molar-refractivity contribution in [1.82, 2.24) is 10.3 Å². The Kier molecular flexibility index (Phi) is 4.69. The Morgan fingerprint density at radius 3 is 2.84 bits per heavy atom. The summed E-state index contributed by atoms with van der Waals surface area (Å²) in [7, 11) is 0. The van der Waals surface area contributed by atoms with Gasteiger partial charge in [0.15, 0.2) is 0 Å². The van der Waals surface area contributed by atoms with Crippen LogP contribution in [0.25, 0.3) is 0 Å². The second-order valence-corrected chi connectivity index (χ2v) is 6.10. The van der Waals surface area contributed by atoms with Gasteiger partial charge in [-0.25, -0.2) is 4.98 Å². The molecule has 1 aromatic heterocycles. The first-order valence-electron chi connectivity index (χ1n) is 7.04. The van der Waals surface area contributed by atoms with Gasteiger partial charge >= 0.3 is 0 Å². The first-order valence-corrected chi connectivity index (χ1v) is 7.42. The molecule has 3 nitrogen and oxygen atoms in total. The number of rotatable bonds is 6. The summed E-state index contributed by atoms with van der Waals surface area (Å²) in [5.41, 5.74) is 1.11. The maximum Gasteiger partial charge on any atom is 0.138 e. The van der Waals surface area contributed by atoms with Crippen molar-refractivity contribution in [2.24, 2.45) is 5.92 Å². The van der Waals surface area contributed by atoms with Gasteiger partial charge in [0, 0.05) is 0 Å². The summed E-state index contributed by atoms with van der Waals surface area (Å²) in [6, 6.07) is 1.95. The molecule has 2 rings (SSSR count). The lowest BCUT2D eigenvalue weighted by Gasteiger charge is -2.44. The van der Waals surface area contributed by atoms with Gasteiger partial charge in [-0.1, -0.05) is 31.9 Å². The molecule has 1 aliphatic rings. The Balaban J connectivity index is 1.94. The van der Waals surface area contributed by atoms with E-state index in [0.29, 0.717) is 11.8 Å². The van der Waals surface area contributed by atoms with Crippen LogP contribution in [0.15, 0.2) is 12.3 Å². The minimum absolute atomic E-state index is 0.156. The lowest BCUT2D eigenvalue weighted by Crippen LogP contribution is -2.61. The molecule has 1 aliphatic heterocycles. The highest BCUT2D eigenvalue weighted by molar-refractivity contribution is 6.30. The number of halogens is 1. The first-order chi connectivity index (χ1) is 9.04. The van der Waals surface area contributed by atoms with Crippen LogP contribution < -0.4 is 10.1 Å². The summed E-state index contributed by atoms with van der Waals surface area (Å²) in [4.78, 5) is 4.12. The Labute approximate surface area is 120 Å². The molecule has 0 radical (unpaired) electrons. The number of nitrogens with zero attached hydrogens (tertiary/aromatic N) is 1. The van der Waals surface area contributed by atoms with E-state index in [1.54, 1.807) is 6.20 Å². The molecule has 0 amide bonds. The van der Waals surface area contributed by atoms with Crippen LogP contribution in [0, 0.1) is 12.8 Å². The van der Waals surface area contributed by atoms with Crippen molar-refractivity contribution in [2.45, 2.75) is 45.6 Å². The summed E-state index contributed by atoms with van der Waals surface area (Å²) in [5.74, 6) is 1.53. The number of nitrogens with one attached hydrogen (secondary N) is 1. The van der Waals surface area contributed by atoms with Gasteiger partial charge < -0.3 is 10.1 Å². The van der Waals surface area contributed by atoms with Crippen LogP contribution in [0.3, 0.4) is 0 Å². The number of aromatic nitrogens is 1. The van der Waals surface area contributed by atoms with Crippen molar-refractivity contribution in [3.63, 3.8) is 0 Å². The molecule has 0 saturated carbocycles. The second kappa shape index (κ2) is 6.10. The van der Waals surface area contributed by atoms with Gasteiger partial charge in [0.2, 0.25) is 0 Å². The molecule has 0 spiro atoms. The van der Waals surface area contributed by atoms with Crippen LogP contribution in [0.4, 0.5) is 0 Å². The average molecular weight is 283 g/mol. The first kappa shape index (κ1) is 14.6. The number of ether oxygens (including phenoxy) is 1. The second-order valence-electron chi connectivity index (χ2n) is 5.74. The van der Waals surface area contributed by atoms with Gasteiger partial charge in [0.25, 0.3) is 0 Å². The fourth-order valence-corrected chi connectivity index (χ4v) is 2.58. The van der Waals surface area contributed by atoms with E-state index < -0.39 is 0 Å². The maximum absolute atomic E-state index is 5.92. The van der Waals surface area contributed by atoms with Gasteiger partial charge in [0.05, 0.1) is 11.7 Å². The molecule has 1 aromatic rings. The van der Waals surface area contributed by atoms with Gasteiger partial charge in [-0.15, -0.1) is 0 Å². The topological polar surface area (TPSA) is 34.1 Å². The van der Waals surface area contributed by atoms with Gasteiger partial charge in [-0.2, -0.15) is 0 Å². The zero-order valence-electron chi connectivity index (χ0n) is 12.0. The van der Waals surface area contributed by atoms with Crippen molar-refractivity contribution in [3.05, 3.63) is 23.0 Å². The molecule has 1 saturated heterocycles. The number of pyridine rings is 1. The highest BCUT2D eigenvalue weighted by Gasteiger charge is 2.38. The van der Waals surface area contributed by atoms with Gasteiger partial charge in [-0.05, 0) is 43.9 Å². The van der Waals surface area contributed by atoms with E-state index in [1.165, 1.54) is 19.3 Å². The standard InChI is InChI=1S/C15H23ClN2O/c1-4-11(2)8-15(5-6-18-15)10-19-13-7-12(3)14(16)17-9-13/h7,9,11,18H,4-6,8,10H2,1-3H3/t11?,15-/m1/s1. The average Bonchev–Trinajstić information content (AvgIpc) is 2.36. The summed E-state index contributed by atoms with van der Waals surface area (Å²) in [5, 5.41) is 4.09. The summed E-state index contributed by atoms with van der Waals surface area (Å²) < 4.78 is 5.91. The molecule has 106 valence electrons. The van der Waals surface area contributed by atoms with Crippen molar-refractivity contribution in [3.8, 4) is 5.75 Å². The van der Waals surface area contributed by atoms with Crippen LogP contribution in [-0.4, -0.2) is 23.7 Å². The highest BCUT2D eigenvalue weighted by atomic mass is 35.5. The molecule has 19 heavy (non-hydrogen) atoms. The van der Waals surface area contributed by atoms with Crippen molar-refractivity contribution in [1.29, 1.82) is 0 Å². The summed E-state index contributed by atoms with van der Waals surface area (Å²) >= 11 is 5.92. The number of aryl methyl sites for hydroxylation is 1. The molecule has 1 fully saturated rings. The summed E-state index contributed by atoms with van der Waals surface area (Å²) in [6.45, 7) is 8.29. The minimum Gasteiger partial charge on any atom is -0.490 e. The van der Waals surface area contributed by atoms with E-state index in [1.807, 2.05) is 13.0 Å². The largest absolute Gasteiger partial charge is 0.490 e. The fraction of sp³-hybridized carbons (Fsp3) is 0.667. The molecule has 0 aromatic carbocycles. The van der Waals surface area contributed by atoms with E-state index in [2.05, 4.69) is 24.1 Å². The van der Waals surface area contributed by atoms with E-state index >= 15 is 0 Å². The minimum atomic E-state index is 0.156. The van der Waals surface area contributed by atoms with Crippen LogP contribution >= 0.6 is 11.6 Å². The molecule has 1 N–H and O–H groups in total. The predicted octanol–water partition coefficient (Wildman–Crippen LogP) is 3.59. The molecular formula is C15H23ClN2O. The van der Waals surface area contributed by atoms with E-state index in [4.69, 9.17) is 16.3 Å². The molecule has 1 unspecified atom stereocenters. The lowest BCUT2D eigenvalue weighted by molar-refractivity contribution is 0.0899. The Bertz CT molecular complexity index is 432. The molecule has 2 atom stereocenters. The van der Waals surface area contributed by atoms with Crippen molar-refractivity contribution < 1.29 is 4.74 Å².